The van der Waals surface area contributed by atoms with Crippen LogP contribution in [-0.4, -0.2) is 143 Å². The Balaban J connectivity index is 1.11. The standard InChI is InChI=1S/C40H60O13/c1-19-11-26-7-9-29-20(2)12-25(48-29)6-5-22(42)15-33-35(45)39-40(53-33)36(46)38-30(52-39)10-8-27(50-38)13-23(43)14-28-32(17-31(49-26)21(19)3)51-34(37(28)47-4)16-24(44)18-41/h19,24-41,44-46H,2-3,5-18H2,1,4H3/t19-,24?,25?,26+,27?,28?,29+,30?,31-,32?,33-,34-,35?,36?,37-,38+,39+,40?/m1/s1. The smallest absolute Gasteiger partial charge is 0.135 e. The fourth-order valence-corrected chi connectivity index (χ4v) is 10.1. The van der Waals surface area contributed by atoms with Crippen LogP contribution in [0.2, 0.25) is 0 Å². The van der Waals surface area contributed by atoms with Crippen molar-refractivity contribution in [2.75, 3.05) is 13.7 Å². The van der Waals surface area contributed by atoms with Crippen LogP contribution < -0.4 is 0 Å². The highest BCUT2D eigenvalue weighted by atomic mass is 16.6. The SMILES string of the molecule is C=C1CC2CCC(=O)C[C@H]3OC4C(O)[C@H]5OC(CCC5O[C@H]4C3O)CC(=O)CC3C(C[C@H]4O[C@@H](CC[C@@H]1O2)C[C@@H](C)C4=C)O[C@H](CC(O)CO)[C@@H]3OC. The van der Waals surface area contributed by atoms with Crippen LogP contribution in [0.3, 0.4) is 0 Å². The maximum Gasteiger partial charge on any atom is 0.135 e. The first-order chi connectivity index (χ1) is 25.4. The lowest BCUT2D eigenvalue weighted by atomic mass is 9.81. The van der Waals surface area contributed by atoms with Crippen LogP contribution in [-0.2, 0) is 42.7 Å². The second-order valence-corrected chi connectivity index (χ2v) is 16.8. The van der Waals surface area contributed by atoms with Crippen LogP contribution in [0.25, 0.3) is 0 Å². The van der Waals surface area contributed by atoms with Crippen molar-refractivity contribution in [1.82, 2.24) is 0 Å². The summed E-state index contributed by atoms with van der Waals surface area (Å²) in [6.07, 6.45) is -3.55. The predicted molar refractivity (Wildman–Crippen MR) is 189 cm³/mol. The zero-order chi connectivity index (χ0) is 37.6. The Morgan fingerprint density at radius 1 is 0.736 bits per heavy atom. The highest BCUT2D eigenvalue weighted by Crippen LogP contribution is 2.43. The molecule has 0 amide bonds. The lowest BCUT2D eigenvalue weighted by molar-refractivity contribution is -0.259. The first kappa shape index (κ1) is 39.6. The summed E-state index contributed by atoms with van der Waals surface area (Å²) in [5.74, 6) is -0.221. The minimum absolute atomic E-state index is 0.00643. The minimum atomic E-state index is -1.10. The number of ether oxygens (including phenoxy) is 7. The summed E-state index contributed by atoms with van der Waals surface area (Å²) in [5, 5.41) is 42.6. The van der Waals surface area contributed by atoms with Gasteiger partial charge in [-0.15, -0.1) is 0 Å². The van der Waals surface area contributed by atoms with Crippen LogP contribution in [0.4, 0.5) is 0 Å². The van der Waals surface area contributed by atoms with Gasteiger partial charge in [-0.05, 0) is 62.0 Å². The van der Waals surface area contributed by atoms with Crippen molar-refractivity contribution >= 4 is 11.6 Å². The molecule has 0 aromatic rings. The summed E-state index contributed by atoms with van der Waals surface area (Å²) < 4.78 is 44.3. The lowest BCUT2D eigenvalue weighted by Crippen LogP contribution is -2.61. The Kier molecular flexibility index (Phi) is 12.6. The van der Waals surface area contributed by atoms with Crippen LogP contribution in [0.5, 0.6) is 0 Å². The van der Waals surface area contributed by atoms with Gasteiger partial charge in [-0.1, -0.05) is 20.1 Å². The molecule has 7 rings (SSSR count). The Morgan fingerprint density at radius 2 is 1.45 bits per heavy atom. The molecule has 0 aromatic carbocycles. The van der Waals surface area contributed by atoms with Crippen molar-refractivity contribution in [2.24, 2.45) is 11.8 Å². The van der Waals surface area contributed by atoms with Gasteiger partial charge in [0, 0.05) is 51.6 Å². The summed E-state index contributed by atoms with van der Waals surface area (Å²) >= 11 is 0. The summed E-state index contributed by atoms with van der Waals surface area (Å²) in [6.45, 7) is 10.4. The van der Waals surface area contributed by atoms with Gasteiger partial charge >= 0.3 is 0 Å². The number of Topliss-reactive ketones (excluding diaryl/α,β-unsaturated/α-hetero) is 2. The summed E-state index contributed by atoms with van der Waals surface area (Å²) in [6, 6.07) is 0. The van der Waals surface area contributed by atoms with Crippen molar-refractivity contribution in [1.29, 1.82) is 0 Å². The third kappa shape index (κ3) is 8.56. The Hall–Kier alpha value is -1.62. The monoisotopic (exact) mass is 748 g/mol. The fraction of sp³-hybridized carbons (Fsp3) is 0.850. The minimum Gasteiger partial charge on any atom is -0.394 e. The number of hydrogen-bond acceptors (Lipinski definition) is 13. The maximum atomic E-state index is 13.9. The van der Waals surface area contributed by atoms with Gasteiger partial charge < -0.3 is 53.6 Å². The van der Waals surface area contributed by atoms with Gasteiger partial charge in [0.1, 0.15) is 42.1 Å². The maximum absolute atomic E-state index is 13.9. The van der Waals surface area contributed by atoms with E-state index in [1.807, 2.05) is 0 Å². The van der Waals surface area contributed by atoms with Crippen molar-refractivity contribution in [3.63, 3.8) is 0 Å². The largest absolute Gasteiger partial charge is 0.394 e. The van der Waals surface area contributed by atoms with Gasteiger partial charge in [0.25, 0.3) is 0 Å². The van der Waals surface area contributed by atoms with E-state index in [0.29, 0.717) is 32.1 Å². The molecule has 7 saturated heterocycles. The predicted octanol–water partition coefficient (Wildman–Crippen LogP) is 2.27. The van der Waals surface area contributed by atoms with E-state index in [4.69, 9.17) is 33.2 Å². The van der Waals surface area contributed by atoms with Crippen molar-refractivity contribution in [2.45, 2.75) is 188 Å². The molecule has 0 radical (unpaired) electrons. The summed E-state index contributed by atoms with van der Waals surface area (Å²) in [4.78, 5) is 27.0. The number of carbonyl (C=O) groups is 2. The molecule has 0 aromatic heterocycles. The van der Waals surface area contributed by atoms with Gasteiger partial charge in [-0.25, -0.2) is 0 Å². The molecule has 13 nitrogen and oxygen atoms in total. The van der Waals surface area contributed by atoms with E-state index in [-0.39, 0.29) is 79.9 Å². The zero-order valence-corrected chi connectivity index (χ0v) is 31.2. The summed E-state index contributed by atoms with van der Waals surface area (Å²) in [7, 11) is 1.58. The molecule has 298 valence electrons. The molecule has 18 atom stereocenters. The van der Waals surface area contributed by atoms with Crippen LogP contribution >= 0.6 is 0 Å². The Morgan fingerprint density at radius 3 is 2.23 bits per heavy atom. The van der Waals surface area contributed by atoms with Crippen molar-refractivity contribution in [3.05, 3.63) is 24.3 Å². The van der Waals surface area contributed by atoms with Gasteiger partial charge in [-0.3, -0.25) is 9.59 Å². The molecule has 7 fully saturated rings. The van der Waals surface area contributed by atoms with E-state index in [9.17, 15) is 30.0 Å². The van der Waals surface area contributed by atoms with E-state index in [1.165, 1.54) is 0 Å². The third-order valence-electron chi connectivity index (χ3n) is 13.1. The number of ketones is 2. The normalized spacial score (nSPS) is 47.7. The molecule has 8 bridgehead atoms. The fourth-order valence-electron chi connectivity index (χ4n) is 10.1. The molecule has 53 heavy (non-hydrogen) atoms. The summed E-state index contributed by atoms with van der Waals surface area (Å²) in [5.41, 5.74) is 2.00. The molecule has 13 heteroatoms. The molecule has 0 spiro atoms. The highest BCUT2D eigenvalue weighted by Gasteiger charge is 2.57. The number of rotatable bonds is 4. The third-order valence-corrected chi connectivity index (χ3v) is 13.1. The molecular weight excluding hydrogens is 688 g/mol. The number of methoxy groups -OCH3 is 1. The van der Waals surface area contributed by atoms with Gasteiger partial charge in [0.2, 0.25) is 0 Å². The number of fused-ring (bicyclic) bond motifs is 7. The average Bonchev–Trinajstić information content (AvgIpc) is 3.76. The first-order valence-corrected chi connectivity index (χ1v) is 19.9. The molecule has 9 unspecified atom stereocenters. The van der Waals surface area contributed by atoms with Gasteiger partial charge in [-0.2, -0.15) is 0 Å². The number of hydrogen-bond donors (Lipinski definition) is 4. The van der Waals surface area contributed by atoms with E-state index in [2.05, 4.69) is 20.1 Å². The molecule has 7 heterocycles. The van der Waals surface area contributed by atoms with Gasteiger partial charge in [0.05, 0.1) is 73.8 Å². The second-order valence-electron chi connectivity index (χ2n) is 16.8. The highest BCUT2D eigenvalue weighted by molar-refractivity contribution is 5.79. The topological polar surface area (TPSA) is 180 Å². The van der Waals surface area contributed by atoms with Crippen molar-refractivity contribution in [3.8, 4) is 0 Å². The quantitative estimate of drug-likeness (QED) is 0.308. The van der Waals surface area contributed by atoms with E-state index >= 15 is 0 Å². The van der Waals surface area contributed by atoms with Crippen molar-refractivity contribution < 1.29 is 63.2 Å². The second kappa shape index (κ2) is 16.9. The molecule has 4 N–H and O–H groups in total. The van der Waals surface area contributed by atoms with E-state index in [1.54, 1.807) is 7.11 Å². The number of carbonyl (C=O) groups excluding carboxylic acids is 2. The van der Waals surface area contributed by atoms with Crippen LogP contribution in [0, 0.1) is 11.8 Å². The zero-order valence-electron chi connectivity index (χ0n) is 31.2. The Labute approximate surface area is 312 Å². The molecular formula is C40H60O13. The lowest BCUT2D eigenvalue weighted by Gasteiger charge is -2.46. The molecule has 0 aliphatic carbocycles. The average molecular weight is 749 g/mol. The Bertz CT molecular complexity index is 1340. The molecule has 0 saturated carbocycles. The molecule has 7 aliphatic heterocycles. The number of aliphatic hydroxyl groups is 4. The van der Waals surface area contributed by atoms with Crippen LogP contribution in [0.15, 0.2) is 24.3 Å². The number of aliphatic hydroxyl groups excluding tert-OH is 4. The van der Waals surface area contributed by atoms with Gasteiger partial charge in [0.15, 0.2) is 0 Å². The first-order valence-electron chi connectivity index (χ1n) is 19.9. The molecule has 7 aliphatic rings. The van der Waals surface area contributed by atoms with E-state index < -0.39 is 79.9 Å². The van der Waals surface area contributed by atoms with E-state index in [0.717, 1.165) is 30.4 Å². The van der Waals surface area contributed by atoms with Crippen LogP contribution in [0.1, 0.15) is 90.4 Å².